The van der Waals surface area contributed by atoms with Crippen molar-refractivity contribution in [2.75, 3.05) is 5.32 Å². The van der Waals surface area contributed by atoms with Gasteiger partial charge in [-0.15, -0.1) is 0 Å². The maximum atomic E-state index is 12.3. The van der Waals surface area contributed by atoms with Gasteiger partial charge < -0.3 is 10.3 Å². The molecule has 0 unspecified atom stereocenters. The predicted molar refractivity (Wildman–Crippen MR) is 102 cm³/mol. The number of aryl methyl sites for hydroxylation is 1. The van der Waals surface area contributed by atoms with E-state index in [0.29, 0.717) is 21.4 Å². The molecule has 1 amide bonds. The van der Waals surface area contributed by atoms with Crippen molar-refractivity contribution in [1.29, 1.82) is 0 Å². The Kier molecular flexibility index (Phi) is 4.93. The summed E-state index contributed by atoms with van der Waals surface area (Å²) < 4.78 is 0. The van der Waals surface area contributed by atoms with Crippen LogP contribution in [0.4, 0.5) is 5.69 Å². The van der Waals surface area contributed by atoms with Gasteiger partial charge in [-0.25, -0.2) is 0 Å². The third-order valence-corrected chi connectivity index (χ3v) is 4.40. The van der Waals surface area contributed by atoms with Gasteiger partial charge in [-0.3, -0.25) is 9.59 Å². The Labute approximate surface area is 154 Å². The van der Waals surface area contributed by atoms with Gasteiger partial charge in [0.1, 0.15) is 5.56 Å². The molecule has 1 aromatic heterocycles. The van der Waals surface area contributed by atoms with E-state index in [1.54, 1.807) is 48.5 Å². The maximum absolute atomic E-state index is 12.3. The number of benzene rings is 2. The monoisotopic (exact) mass is 372 g/mol. The van der Waals surface area contributed by atoms with E-state index in [2.05, 4.69) is 10.3 Å². The first-order chi connectivity index (χ1) is 11.9. The van der Waals surface area contributed by atoms with Crippen LogP contribution in [-0.2, 0) is 0 Å². The predicted octanol–water partition coefficient (Wildman–Crippen LogP) is 4.91. The average molecular weight is 373 g/mol. The van der Waals surface area contributed by atoms with Crippen LogP contribution in [-0.4, -0.2) is 10.9 Å². The van der Waals surface area contributed by atoms with Gasteiger partial charge in [0.05, 0.1) is 0 Å². The summed E-state index contributed by atoms with van der Waals surface area (Å²) in [6.45, 7) is 1.87. The molecule has 0 saturated carbocycles. The lowest BCUT2D eigenvalue weighted by atomic mass is 10.1. The van der Waals surface area contributed by atoms with Crippen molar-refractivity contribution in [3.8, 4) is 11.3 Å². The van der Waals surface area contributed by atoms with Gasteiger partial charge >= 0.3 is 0 Å². The maximum Gasteiger partial charge on any atom is 0.261 e. The summed E-state index contributed by atoms with van der Waals surface area (Å²) in [5.41, 5.74) is 2.40. The third kappa shape index (κ3) is 3.92. The van der Waals surface area contributed by atoms with Crippen molar-refractivity contribution in [2.24, 2.45) is 0 Å². The molecule has 0 aliphatic heterocycles. The number of anilines is 1. The van der Waals surface area contributed by atoms with Gasteiger partial charge in [-0.1, -0.05) is 41.4 Å². The van der Waals surface area contributed by atoms with Gasteiger partial charge in [0.2, 0.25) is 0 Å². The number of pyridine rings is 1. The zero-order valence-electron chi connectivity index (χ0n) is 13.3. The number of hydrogen-bond acceptors (Lipinski definition) is 2. The molecule has 25 heavy (non-hydrogen) atoms. The van der Waals surface area contributed by atoms with Crippen LogP contribution in [0.15, 0.2) is 59.4 Å². The molecule has 0 bridgehead atoms. The molecular weight excluding hydrogens is 359 g/mol. The second-order valence-electron chi connectivity index (χ2n) is 5.54. The lowest BCUT2D eigenvalue weighted by Gasteiger charge is -2.07. The van der Waals surface area contributed by atoms with E-state index in [1.807, 2.05) is 6.92 Å². The Morgan fingerprint density at radius 1 is 1.00 bits per heavy atom. The quantitative estimate of drug-likeness (QED) is 0.685. The van der Waals surface area contributed by atoms with Gasteiger partial charge in [0.15, 0.2) is 0 Å². The number of rotatable bonds is 3. The molecule has 4 nitrogen and oxygen atoms in total. The van der Waals surface area contributed by atoms with Crippen molar-refractivity contribution in [2.45, 2.75) is 6.92 Å². The van der Waals surface area contributed by atoms with Gasteiger partial charge in [-0.2, -0.15) is 0 Å². The van der Waals surface area contributed by atoms with E-state index in [-0.39, 0.29) is 5.56 Å². The van der Waals surface area contributed by atoms with Crippen LogP contribution < -0.4 is 10.9 Å². The van der Waals surface area contributed by atoms with Crippen LogP contribution in [0.5, 0.6) is 0 Å². The first kappa shape index (κ1) is 17.3. The molecule has 3 rings (SSSR count). The molecule has 6 heteroatoms. The Balaban J connectivity index is 1.85. The minimum atomic E-state index is -0.496. The summed E-state index contributed by atoms with van der Waals surface area (Å²) in [5, 5.41) is 3.83. The highest BCUT2D eigenvalue weighted by molar-refractivity contribution is 6.31. The zero-order valence-corrected chi connectivity index (χ0v) is 14.8. The number of carbonyl (C=O) groups is 1. The minimum Gasteiger partial charge on any atom is -0.322 e. The third-order valence-electron chi connectivity index (χ3n) is 3.74. The summed E-state index contributed by atoms with van der Waals surface area (Å²) in [7, 11) is 0. The summed E-state index contributed by atoms with van der Waals surface area (Å²) in [6.07, 6.45) is 0. The SMILES string of the molecule is Cc1ccc(NC(=O)c2ccc(-c3ccc(Cl)cc3)[nH]c2=O)cc1Cl. The Morgan fingerprint density at radius 2 is 1.72 bits per heavy atom. The van der Waals surface area contributed by atoms with Crippen LogP contribution in [0.25, 0.3) is 11.3 Å². The summed E-state index contributed by atoms with van der Waals surface area (Å²) in [5.74, 6) is -0.496. The molecule has 2 N–H and O–H groups in total. The van der Waals surface area contributed by atoms with E-state index in [9.17, 15) is 9.59 Å². The molecule has 0 saturated heterocycles. The number of hydrogen-bond donors (Lipinski definition) is 2. The van der Waals surface area contributed by atoms with Crippen LogP contribution in [0.1, 0.15) is 15.9 Å². The average Bonchev–Trinajstić information content (AvgIpc) is 2.58. The summed E-state index contributed by atoms with van der Waals surface area (Å²) in [4.78, 5) is 27.3. The van der Waals surface area contributed by atoms with Gasteiger partial charge in [0, 0.05) is 21.4 Å². The van der Waals surface area contributed by atoms with Crippen LogP contribution in [0.2, 0.25) is 10.0 Å². The van der Waals surface area contributed by atoms with Gasteiger partial charge in [-0.05, 0) is 54.4 Å². The smallest absolute Gasteiger partial charge is 0.261 e. The molecule has 0 atom stereocenters. The lowest BCUT2D eigenvalue weighted by molar-refractivity contribution is 0.102. The zero-order chi connectivity index (χ0) is 18.0. The normalized spacial score (nSPS) is 10.5. The number of nitrogens with one attached hydrogen (secondary N) is 2. The van der Waals surface area contributed by atoms with Crippen LogP contribution in [0, 0.1) is 6.92 Å². The molecule has 126 valence electrons. The van der Waals surface area contributed by atoms with Crippen molar-refractivity contribution in [1.82, 2.24) is 4.98 Å². The standard InChI is InChI=1S/C19H14Cl2N2O2/c1-11-2-7-14(10-16(11)21)22-18(24)15-8-9-17(23-19(15)25)12-3-5-13(20)6-4-12/h2-10H,1H3,(H,22,24)(H,23,25). The minimum absolute atomic E-state index is 0.0226. The van der Waals surface area contributed by atoms with Crippen molar-refractivity contribution >= 4 is 34.8 Å². The highest BCUT2D eigenvalue weighted by atomic mass is 35.5. The molecule has 0 aliphatic carbocycles. The molecular formula is C19H14Cl2N2O2. The highest BCUT2D eigenvalue weighted by Crippen LogP contribution is 2.21. The second-order valence-corrected chi connectivity index (χ2v) is 6.38. The molecule has 3 aromatic rings. The number of halogens is 2. The van der Waals surface area contributed by atoms with Crippen LogP contribution >= 0.6 is 23.2 Å². The fraction of sp³-hybridized carbons (Fsp3) is 0.0526. The molecule has 0 spiro atoms. The number of carbonyl (C=O) groups excluding carboxylic acids is 1. The van der Waals surface area contributed by atoms with E-state index in [0.717, 1.165) is 11.1 Å². The van der Waals surface area contributed by atoms with Crippen molar-refractivity contribution < 1.29 is 4.79 Å². The topological polar surface area (TPSA) is 62.0 Å². The first-order valence-electron chi connectivity index (χ1n) is 7.51. The first-order valence-corrected chi connectivity index (χ1v) is 8.26. The Hall–Kier alpha value is -2.56. The molecule has 2 aromatic carbocycles. The largest absolute Gasteiger partial charge is 0.322 e. The van der Waals surface area contributed by atoms with E-state index in [1.165, 1.54) is 6.07 Å². The molecule has 0 fully saturated rings. The number of H-pyrrole nitrogens is 1. The van der Waals surface area contributed by atoms with Crippen LogP contribution in [0.3, 0.4) is 0 Å². The summed E-state index contributed by atoms with van der Waals surface area (Å²) >= 11 is 11.9. The molecule has 0 radical (unpaired) electrons. The molecule has 1 heterocycles. The number of amides is 1. The van der Waals surface area contributed by atoms with E-state index in [4.69, 9.17) is 23.2 Å². The fourth-order valence-electron chi connectivity index (χ4n) is 2.32. The Bertz CT molecular complexity index is 995. The van der Waals surface area contributed by atoms with Crippen molar-refractivity contribution in [3.63, 3.8) is 0 Å². The highest BCUT2D eigenvalue weighted by Gasteiger charge is 2.12. The van der Waals surface area contributed by atoms with Crippen molar-refractivity contribution in [3.05, 3.63) is 86.1 Å². The second kappa shape index (κ2) is 7.13. The van der Waals surface area contributed by atoms with Gasteiger partial charge in [0.25, 0.3) is 11.5 Å². The van der Waals surface area contributed by atoms with E-state index < -0.39 is 11.5 Å². The lowest BCUT2D eigenvalue weighted by Crippen LogP contribution is -2.23. The summed E-state index contributed by atoms with van der Waals surface area (Å²) in [6, 6.07) is 15.4. The number of aromatic amines is 1. The fourth-order valence-corrected chi connectivity index (χ4v) is 2.63. The molecule has 0 aliphatic rings. The number of aromatic nitrogens is 1. The Morgan fingerprint density at radius 3 is 2.36 bits per heavy atom. The van der Waals surface area contributed by atoms with E-state index >= 15 is 0 Å².